The number of benzene rings is 3. The van der Waals surface area contributed by atoms with Crippen LogP contribution in [0.4, 0.5) is 10.5 Å². The van der Waals surface area contributed by atoms with Gasteiger partial charge in [-0.25, -0.2) is 14.6 Å². The minimum Gasteiger partial charge on any atom is -0.465 e. The Kier molecular flexibility index (Phi) is 9.78. The van der Waals surface area contributed by atoms with E-state index in [0.29, 0.717) is 39.8 Å². The van der Waals surface area contributed by atoms with Gasteiger partial charge in [-0.2, -0.15) is 0 Å². The second-order valence-electron chi connectivity index (χ2n) is 8.79. The molecule has 1 aromatic heterocycles. The monoisotopic (exact) mass is 592 g/mol. The first-order valence-electron chi connectivity index (χ1n) is 12.4. The molecule has 210 valence electrons. The van der Waals surface area contributed by atoms with Gasteiger partial charge in [-0.1, -0.05) is 65.7 Å². The number of halogens is 2. The van der Waals surface area contributed by atoms with E-state index in [0.717, 1.165) is 5.56 Å². The van der Waals surface area contributed by atoms with E-state index in [1.807, 2.05) is 30.3 Å². The van der Waals surface area contributed by atoms with E-state index in [1.165, 1.54) is 32.4 Å². The van der Waals surface area contributed by atoms with Crippen molar-refractivity contribution >= 4 is 52.9 Å². The predicted octanol–water partition coefficient (Wildman–Crippen LogP) is 6.46. The van der Waals surface area contributed by atoms with Gasteiger partial charge in [-0.15, -0.1) is 0 Å². The summed E-state index contributed by atoms with van der Waals surface area (Å²) in [6.07, 6.45) is 2.66. The number of rotatable bonds is 9. The summed E-state index contributed by atoms with van der Waals surface area (Å²) in [4.78, 5) is 44.5. The highest BCUT2D eigenvalue weighted by Gasteiger charge is 2.21. The lowest BCUT2D eigenvalue weighted by Gasteiger charge is -2.16. The number of anilines is 1. The average molecular weight is 593 g/mol. The van der Waals surface area contributed by atoms with Crippen molar-refractivity contribution in [2.45, 2.75) is 12.5 Å². The van der Waals surface area contributed by atoms with Crippen LogP contribution in [0.15, 0.2) is 78.9 Å². The maximum absolute atomic E-state index is 13.1. The number of aromatic amines is 1. The van der Waals surface area contributed by atoms with Gasteiger partial charge in [0.2, 0.25) is 5.91 Å². The number of carbonyl (C=O) groups is 3. The first-order chi connectivity index (χ1) is 19.8. The summed E-state index contributed by atoms with van der Waals surface area (Å²) in [5.41, 5.74) is 3.41. The van der Waals surface area contributed by atoms with Gasteiger partial charge in [0.1, 0.15) is 16.7 Å². The standard InChI is InChI=1S/C30H26Cl2N4O5/c1-40-29(38)23-14-11-21(31)17-20(23)10-15-25(37)34-24(16-18-6-4-3-5-7-18)28-35-26(27(32)36-28)19-8-12-22(13-9-19)33-30(39)41-2/h3-15,17,24H,16H2,1-2H3,(H,33,39)(H,34,37)(H,35,36)/b15-10+/t24-/m0/s1. The molecule has 1 heterocycles. The third-order valence-electron chi connectivity index (χ3n) is 6.03. The number of carbonyl (C=O) groups excluding carboxylic acids is 3. The number of hydrogen-bond donors (Lipinski definition) is 3. The topological polar surface area (TPSA) is 122 Å². The predicted molar refractivity (Wildman–Crippen MR) is 158 cm³/mol. The summed E-state index contributed by atoms with van der Waals surface area (Å²) >= 11 is 12.6. The molecular formula is C30H26Cl2N4O5. The quantitative estimate of drug-likeness (QED) is 0.151. The van der Waals surface area contributed by atoms with Crippen LogP contribution in [-0.2, 0) is 20.7 Å². The number of H-pyrrole nitrogens is 1. The molecule has 0 radical (unpaired) electrons. The van der Waals surface area contributed by atoms with Crippen LogP contribution < -0.4 is 10.6 Å². The fourth-order valence-corrected chi connectivity index (χ4v) is 4.45. The van der Waals surface area contributed by atoms with E-state index >= 15 is 0 Å². The summed E-state index contributed by atoms with van der Waals surface area (Å²) in [7, 11) is 2.56. The largest absolute Gasteiger partial charge is 0.465 e. The average Bonchev–Trinajstić information content (AvgIpc) is 3.37. The summed E-state index contributed by atoms with van der Waals surface area (Å²) in [6, 6.07) is 20.6. The zero-order valence-corrected chi connectivity index (χ0v) is 23.6. The smallest absolute Gasteiger partial charge is 0.411 e. The summed E-state index contributed by atoms with van der Waals surface area (Å²) in [6.45, 7) is 0. The minimum absolute atomic E-state index is 0.275. The van der Waals surface area contributed by atoms with E-state index in [1.54, 1.807) is 36.4 Å². The van der Waals surface area contributed by atoms with Gasteiger partial charge < -0.3 is 19.8 Å². The maximum atomic E-state index is 13.1. The van der Waals surface area contributed by atoms with E-state index < -0.39 is 24.0 Å². The van der Waals surface area contributed by atoms with Crippen molar-refractivity contribution in [3.05, 3.63) is 112 Å². The lowest BCUT2D eigenvalue weighted by Crippen LogP contribution is -2.29. The van der Waals surface area contributed by atoms with Crippen molar-refractivity contribution in [2.75, 3.05) is 19.5 Å². The molecule has 1 atom stereocenters. The molecule has 0 saturated heterocycles. The Morgan fingerprint density at radius 3 is 2.39 bits per heavy atom. The van der Waals surface area contributed by atoms with Gasteiger partial charge in [0.05, 0.1) is 25.8 Å². The molecule has 0 spiro atoms. The Morgan fingerprint density at radius 1 is 0.976 bits per heavy atom. The van der Waals surface area contributed by atoms with Crippen molar-refractivity contribution in [1.82, 2.24) is 15.3 Å². The molecule has 3 N–H and O–H groups in total. The molecule has 0 aliphatic rings. The van der Waals surface area contributed by atoms with E-state index in [4.69, 9.17) is 32.9 Å². The lowest BCUT2D eigenvalue weighted by molar-refractivity contribution is -0.117. The molecule has 0 fully saturated rings. The van der Waals surface area contributed by atoms with Gasteiger partial charge >= 0.3 is 12.1 Å². The molecule has 0 unspecified atom stereocenters. The van der Waals surface area contributed by atoms with Crippen LogP contribution >= 0.6 is 23.2 Å². The van der Waals surface area contributed by atoms with Gasteiger partial charge in [0.15, 0.2) is 0 Å². The summed E-state index contributed by atoms with van der Waals surface area (Å²) in [5, 5.41) is 6.26. The van der Waals surface area contributed by atoms with Gasteiger partial charge in [-0.05, 0) is 54.0 Å². The number of hydrogen-bond acceptors (Lipinski definition) is 6. The number of methoxy groups -OCH3 is 2. The highest BCUT2D eigenvalue weighted by molar-refractivity contribution is 6.32. The highest BCUT2D eigenvalue weighted by Crippen LogP contribution is 2.29. The number of imidazole rings is 1. The molecule has 4 rings (SSSR count). The molecule has 0 aliphatic carbocycles. The van der Waals surface area contributed by atoms with E-state index in [-0.39, 0.29) is 10.7 Å². The van der Waals surface area contributed by atoms with Crippen LogP contribution in [0.5, 0.6) is 0 Å². The molecule has 9 nitrogen and oxygen atoms in total. The van der Waals surface area contributed by atoms with Crippen LogP contribution in [0, 0.1) is 0 Å². The molecular weight excluding hydrogens is 567 g/mol. The Morgan fingerprint density at radius 2 is 1.71 bits per heavy atom. The SMILES string of the molecule is COC(=O)Nc1ccc(-c2nc([C@H](Cc3ccccc3)NC(=O)/C=C/c3cc(Cl)ccc3C(=O)OC)[nH]c2Cl)cc1. The number of aromatic nitrogens is 2. The highest BCUT2D eigenvalue weighted by atomic mass is 35.5. The van der Waals surface area contributed by atoms with Crippen molar-refractivity contribution in [3.8, 4) is 11.3 Å². The Bertz CT molecular complexity index is 1570. The van der Waals surface area contributed by atoms with Crippen LogP contribution in [0.1, 0.15) is 33.4 Å². The molecule has 11 heteroatoms. The number of nitrogens with one attached hydrogen (secondary N) is 3. The van der Waals surface area contributed by atoms with Crippen molar-refractivity contribution in [3.63, 3.8) is 0 Å². The number of nitrogens with zero attached hydrogens (tertiary/aromatic N) is 1. The number of esters is 1. The Labute approximate surface area is 246 Å². The van der Waals surface area contributed by atoms with Crippen molar-refractivity contribution < 1.29 is 23.9 Å². The number of ether oxygens (including phenoxy) is 2. The minimum atomic E-state index is -0.580. The zero-order valence-electron chi connectivity index (χ0n) is 22.1. The molecule has 0 saturated carbocycles. The van der Waals surface area contributed by atoms with Crippen molar-refractivity contribution in [2.24, 2.45) is 0 Å². The summed E-state index contributed by atoms with van der Waals surface area (Å²) < 4.78 is 9.44. The molecule has 0 bridgehead atoms. The lowest BCUT2D eigenvalue weighted by atomic mass is 10.0. The fraction of sp³-hybridized carbons (Fsp3) is 0.133. The third kappa shape index (κ3) is 7.75. The van der Waals surface area contributed by atoms with Crippen LogP contribution in [0.3, 0.4) is 0 Å². The second-order valence-corrected chi connectivity index (χ2v) is 9.60. The molecule has 0 aliphatic heterocycles. The van der Waals surface area contributed by atoms with Crippen molar-refractivity contribution in [1.29, 1.82) is 0 Å². The summed E-state index contributed by atoms with van der Waals surface area (Å²) in [5.74, 6) is -0.519. The normalized spacial score (nSPS) is 11.6. The Balaban J connectivity index is 1.59. The van der Waals surface area contributed by atoms with Crippen LogP contribution in [0.25, 0.3) is 17.3 Å². The zero-order chi connectivity index (χ0) is 29.4. The molecule has 3 aromatic carbocycles. The molecule has 4 aromatic rings. The van der Waals surface area contributed by atoms with Crippen LogP contribution in [0.2, 0.25) is 10.2 Å². The molecule has 2 amide bonds. The van der Waals surface area contributed by atoms with E-state index in [9.17, 15) is 14.4 Å². The van der Waals surface area contributed by atoms with E-state index in [2.05, 4.69) is 20.4 Å². The second kappa shape index (κ2) is 13.6. The maximum Gasteiger partial charge on any atom is 0.411 e. The first-order valence-corrected chi connectivity index (χ1v) is 13.1. The van der Waals surface area contributed by atoms with Gasteiger partial charge in [0, 0.05) is 22.3 Å². The van der Waals surface area contributed by atoms with Gasteiger partial charge in [0.25, 0.3) is 0 Å². The van der Waals surface area contributed by atoms with Gasteiger partial charge in [-0.3, -0.25) is 10.1 Å². The Hall–Kier alpha value is -4.60. The first kappa shape index (κ1) is 29.4. The fourth-order valence-electron chi connectivity index (χ4n) is 4.02. The molecule has 41 heavy (non-hydrogen) atoms. The van der Waals surface area contributed by atoms with Crippen LogP contribution in [-0.4, -0.2) is 42.2 Å². The third-order valence-corrected chi connectivity index (χ3v) is 6.54. The number of amides is 2.